The summed E-state index contributed by atoms with van der Waals surface area (Å²) in [6, 6.07) is 13.1. The molecule has 1 fully saturated rings. The minimum atomic E-state index is -1.36. The van der Waals surface area contributed by atoms with Gasteiger partial charge in [-0.2, -0.15) is 0 Å². The predicted molar refractivity (Wildman–Crippen MR) is 123 cm³/mol. The molecule has 2 unspecified atom stereocenters. The molecule has 3 N–H and O–H groups in total. The van der Waals surface area contributed by atoms with Crippen molar-refractivity contribution in [3.63, 3.8) is 0 Å². The number of benzene rings is 2. The van der Waals surface area contributed by atoms with Crippen LogP contribution in [0.1, 0.15) is 60.6 Å². The molecule has 0 aromatic heterocycles. The van der Waals surface area contributed by atoms with Crippen molar-refractivity contribution in [2.24, 2.45) is 0 Å². The number of halogens is 1. The van der Waals surface area contributed by atoms with E-state index in [4.69, 9.17) is 10.1 Å². The number of rotatable bonds is 6. The van der Waals surface area contributed by atoms with E-state index >= 15 is 0 Å². The Kier molecular flexibility index (Phi) is 6.35. The highest BCUT2D eigenvalue weighted by atomic mass is 19.1. The van der Waals surface area contributed by atoms with Gasteiger partial charge in [0.2, 0.25) is 5.91 Å². The predicted octanol–water partition coefficient (Wildman–Crippen LogP) is 3.70. The molecule has 1 saturated heterocycles. The minimum absolute atomic E-state index is 0.0730. The van der Waals surface area contributed by atoms with Gasteiger partial charge in [0.1, 0.15) is 12.4 Å². The molecule has 0 aliphatic carbocycles. The first-order valence-electron chi connectivity index (χ1n) is 11.3. The summed E-state index contributed by atoms with van der Waals surface area (Å²) in [5.74, 6) is 0.117. The molecular weight excluding hydrogens is 423 g/mol. The fraction of sp³-hybridized carbons (Fsp3) is 0.400. The first kappa shape index (κ1) is 22.8. The number of hydrogen-bond acceptors (Lipinski definition) is 4. The fourth-order valence-electron chi connectivity index (χ4n) is 4.43. The SMILES string of the molecule is CCC1(CC)CC(=O)N(Cc2cccc(C(=O)NC3c4ccccc4OCC3F)c2)C(=N)N1. The lowest BCUT2D eigenvalue weighted by Crippen LogP contribution is -2.61. The van der Waals surface area contributed by atoms with Crippen LogP contribution >= 0.6 is 0 Å². The lowest BCUT2D eigenvalue weighted by atomic mass is 9.87. The highest BCUT2D eigenvalue weighted by molar-refractivity contribution is 5.99. The molecule has 7 nitrogen and oxygen atoms in total. The van der Waals surface area contributed by atoms with Crippen molar-refractivity contribution < 1.29 is 18.7 Å². The first-order chi connectivity index (χ1) is 15.9. The third-order valence-electron chi connectivity index (χ3n) is 6.63. The molecule has 4 rings (SSSR count). The Hall–Kier alpha value is -3.42. The lowest BCUT2D eigenvalue weighted by Gasteiger charge is -2.42. The van der Waals surface area contributed by atoms with Gasteiger partial charge in [0.15, 0.2) is 12.1 Å². The van der Waals surface area contributed by atoms with Gasteiger partial charge >= 0.3 is 0 Å². The first-order valence-corrected chi connectivity index (χ1v) is 11.3. The Morgan fingerprint density at radius 2 is 2.00 bits per heavy atom. The Morgan fingerprint density at radius 1 is 1.24 bits per heavy atom. The van der Waals surface area contributed by atoms with E-state index < -0.39 is 18.1 Å². The molecule has 174 valence electrons. The van der Waals surface area contributed by atoms with E-state index in [1.165, 1.54) is 4.90 Å². The molecular formula is C25H29FN4O3. The van der Waals surface area contributed by atoms with Crippen LogP contribution in [0.2, 0.25) is 0 Å². The number of ether oxygens (including phenoxy) is 1. The van der Waals surface area contributed by atoms with Crippen molar-refractivity contribution in [2.45, 2.75) is 57.4 Å². The molecule has 2 aliphatic rings. The summed E-state index contributed by atoms with van der Waals surface area (Å²) in [5.41, 5.74) is 1.31. The lowest BCUT2D eigenvalue weighted by molar-refractivity contribution is -0.131. The number of nitrogens with zero attached hydrogens (tertiary/aromatic N) is 1. The van der Waals surface area contributed by atoms with Crippen molar-refractivity contribution in [2.75, 3.05) is 6.61 Å². The zero-order valence-electron chi connectivity index (χ0n) is 18.9. The molecule has 2 aromatic rings. The average Bonchev–Trinajstić information content (AvgIpc) is 2.83. The summed E-state index contributed by atoms with van der Waals surface area (Å²) in [7, 11) is 0. The van der Waals surface area contributed by atoms with Gasteiger partial charge in [-0.15, -0.1) is 0 Å². The molecule has 33 heavy (non-hydrogen) atoms. The van der Waals surface area contributed by atoms with Crippen LogP contribution in [-0.2, 0) is 11.3 Å². The number of carbonyl (C=O) groups excluding carboxylic acids is 2. The van der Waals surface area contributed by atoms with E-state index in [0.29, 0.717) is 28.9 Å². The maximum Gasteiger partial charge on any atom is 0.251 e. The molecule has 2 heterocycles. The van der Waals surface area contributed by atoms with Crippen LogP contribution in [0, 0.1) is 5.41 Å². The van der Waals surface area contributed by atoms with Gasteiger partial charge in [-0.25, -0.2) is 4.39 Å². The highest BCUT2D eigenvalue weighted by Gasteiger charge is 2.39. The Balaban J connectivity index is 1.48. The summed E-state index contributed by atoms with van der Waals surface area (Å²) in [4.78, 5) is 27.1. The topological polar surface area (TPSA) is 94.5 Å². The van der Waals surface area contributed by atoms with Crippen LogP contribution < -0.4 is 15.4 Å². The van der Waals surface area contributed by atoms with Crippen molar-refractivity contribution >= 4 is 17.8 Å². The second-order valence-corrected chi connectivity index (χ2v) is 8.63. The second kappa shape index (κ2) is 9.21. The number of nitrogens with one attached hydrogen (secondary N) is 3. The molecule has 8 heteroatoms. The van der Waals surface area contributed by atoms with E-state index in [-0.39, 0.29) is 30.6 Å². The number of guanidine groups is 1. The minimum Gasteiger partial charge on any atom is -0.490 e. The van der Waals surface area contributed by atoms with Crippen molar-refractivity contribution in [3.8, 4) is 5.75 Å². The molecule has 0 saturated carbocycles. The Labute approximate surface area is 192 Å². The molecule has 0 bridgehead atoms. The molecule has 0 radical (unpaired) electrons. The van der Waals surface area contributed by atoms with Crippen molar-refractivity contribution in [1.82, 2.24) is 15.5 Å². The van der Waals surface area contributed by atoms with Crippen LogP contribution in [0.4, 0.5) is 4.39 Å². The summed E-state index contributed by atoms with van der Waals surface area (Å²) in [6.07, 6.45) is 0.476. The number of fused-ring (bicyclic) bond motifs is 1. The normalized spacial score (nSPS) is 21.6. The van der Waals surface area contributed by atoms with Crippen LogP contribution in [-0.4, -0.2) is 41.0 Å². The molecule has 2 atom stereocenters. The van der Waals surface area contributed by atoms with Gasteiger partial charge in [0.05, 0.1) is 19.0 Å². The van der Waals surface area contributed by atoms with E-state index in [2.05, 4.69) is 10.6 Å². The summed E-state index contributed by atoms with van der Waals surface area (Å²) in [5, 5.41) is 14.3. The van der Waals surface area contributed by atoms with Crippen LogP contribution in [0.5, 0.6) is 5.75 Å². The van der Waals surface area contributed by atoms with Gasteiger partial charge in [0, 0.05) is 16.7 Å². The highest BCUT2D eigenvalue weighted by Crippen LogP contribution is 2.33. The van der Waals surface area contributed by atoms with Crippen LogP contribution in [0.15, 0.2) is 48.5 Å². The van der Waals surface area contributed by atoms with Gasteiger partial charge in [-0.1, -0.05) is 44.2 Å². The number of carbonyl (C=O) groups is 2. The number of alkyl halides is 1. The quantitative estimate of drug-likeness (QED) is 0.623. The van der Waals surface area contributed by atoms with E-state index in [9.17, 15) is 14.0 Å². The average molecular weight is 453 g/mol. The van der Waals surface area contributed by atoms with E-state index in [1.807, 2.05) is 13.8 Å². The molecule has 2 aromatic carbocycles. The number of hydrogen-bond donors (Lipinski definition) is 3. The summed E-state index contributed by atoms with van der Waals surface area (Å²) >= 11 is 0. The van der Waals surface area contributed by atoms with Gasteiger partial charge < -0.3 is 15.4 Å². The monoisotopic (exact) mass is 452 g/mol. The smallest absolute Gasteiger partial charge is 0.251 e. The zero-order valence-corrected chi connectivity index (χ0v) is 18.9. The number of para-hydroxylation sites is 1. The fourth-order valence-corrected chi connectivity index (χ4v) is 4.43. The number of amides is 2. The van der Waals surface area contributed by atoms with Crippen LogP contribution in [0.25, 0.3) is 0 Å². The maximum atomic E-state index is 14.6. The molecule has 2 amide bonds. The van der Waals surface area contributed by atoms with Crippen molar-refractivity contribution in [3.05, 3.63) is 65.2 Å². The van der Waals surface area contributed by atoms with E-state index in [0.717, 1.165) is 12.8 Å². The molecule has 0 spiro atoms. The van der Waals surface area contributed by atoms with Crippen molar-refractivity contribution in [1.29, 1.82) is 5.41 Å². The zero-order chi connectivity index (χ0) is 23.6. The van der Waals surface area contributed by atoms with E-state index in [1.54, 1.807) is 48.5 Å². The maximum absolute atomic E-state index is 14.6. The van der Waals surface area contributed by atoms with Gasteiger partial charge in [0.25, 0.3) is 5.91 Å². The Bertz CT molecular complexity index is 1050. The summed E-state index contributed by atoms with van der Waals surface area (Å²) < 4.78 is 20.0. The largest absolute Gasteiger partial charge is 0.490 e. The third kappa shape index (κ3) is 4.55. The van der Waals surface area contributed by atoms with Gasteiger partial charge in [-0.3, -0.25) is 19.9 Å². The second-order valence-electron chi connectivity index (χ2n) is 8.63. The standard InChI is InChI=1S/C25H29FN4O3/c1-3-25(4-2)13-21(31)30(24(27)29-25)14-16-8-7-9-17(12-16)23(32)28-22-18-10-5-6-11-20(18)33-15-19(22)26/h5-12,19,22H,3-4,13-15H2,1-2H3,(H2,27,29)(H,28,32). The molecule has 2 aliphatic heterocycles. The Morgan fingerprint density at radius 3 is 2.73 bits per heavy atom. The summed E-state index contributed by atoms with van der Waals surface area (Å²) in [6.45, 7) is 4.08. The third-order valence-corrected chi connectivity index (χ3v) is 6.63. The van der Waals surface area contributed by atoms with Crippen LogP contribution in [0.3, 0.4) is 0 Å². The van der Waals surface area contributed by atoms with Gasteiger partial charge in [-0.05, 0) is 36.6 Å².